The predicted octanol–water partition coefficient (Wildman–Crippen LogP) is 2.95. The third kappa shape index (κ3) is 6.20. The lowest BCUT2D eigenvalue weighted by atomic mass is 10.1. The lowest BCUT2D eigenvalue weighted by Crippen LogP contribution is -2.50. The number of rotatable bonds is 10. The Kier molecular flexibility index (Phi) is 8.95. The van der Waals surface area contributed by atoms with E-state index in [1.54, 1.807) is 57.6 Å². The molecule has 1 saturated heterocycles. The van der Waals surface area contributed by atoms with Gasteiger partial charge in [-0.2, -0.15) is 5.10 Å². The number of β-amino-alcohol motifs (C(OH)–C–C–N with tert-alkyl or cyclic N) is 1. The number of Topliss-reactive ketones (excluding diaryl/α,β-unsaturated/α-hetero) is 1. The van der Waals surface area contributed by atoms with Gasteiger partial charge in [-0.05, 0) is 43.7 Å². The van der Waals surface area contributed by atoms with E-state index in [4.69, 9.17) is 16.7 Å². The van der Waals surface area contributed by atoms with Gasteiger partial charge in [-0.3, -0.25) is 19.3 Å². The summed E-state index contributed by atoms with van der Waals surface area (Å²) in [6.45, 7) is 7.10. The van der Waals surface area contributed by atoms with Crippen molar-refractivity contribution in [2.45, 2.75) is 33.2 Å². The molecule has 4 aromatic rings. The van der Waals surface area contributed by atoms with Crippen molar-refractivity contribution in [3.05, 3.63) is 64.6 Å². The van der Waals surface area contributed by atoms with E-state index in [0.29, 0.717) is 77.7 Å². The summed E-state index contributed by atoms with van der Waals surface area (Å²) in [5.41, 5.74) is 2.28. The fourth-order valence-electron chi connectivity index (χ4n) is 5.15. The first-order valence-corrected chi connectivity index (χ1v) is 14.3. The van der Waals surface area contributed by atoms with Crippen molar-refractivity contribution < 1.29 is 19.5 Å². The zero-order valence-electron chi connectivity index (χ0n) is 23.6. The van der Waals surface area contributed by atoms with Gasteiger partial charge in [0.2, 0.25) is 5.91 Å². The maximum atomic E-state index is 13.4. The molecule has 0 atom stereocenters. The molecule has 0 spiro atoms. The van der Waals surface area contributed by atoms with Crippen LogP contribution in [0.4, 0.5) is 5.82 Å². The van der Waals surface area contributed by atoms with Crippen molar-refractivity contribution in [2.75, 3.05) is 44.6 Å². The molecule has 0 unspecified atom stereocenters. The van der Waals surface area contributed by atoms with Crippen LogP contribution in [0.3, 0.4) is 0 Å². The van der Waals surface area contributed by atoms with E-state index in [9.17, 15) is 14.4 Å². The van der Waals surface area contributed by atoms with E-state index in [0.717, 1.165) is 6.42 Å². The SMILES string of the molecule is CCCC(=O)c1cnn(-c2ccc(NC(=O)c3cn(CC(=O)N4CCN(CCO)CC4)c4ccc(Cl)cc34)nn2)c1C. The number of ketones is 1. The number of aliphatic hydroxyl groups is 1. The van der Waals surface area contributed by atoms with Crippen LogP contribution in [0.1, 0.15) is 46.2 Å². The van der Waals surface area contributed by atoms with Crippen LogP contribution in [0, 0.1) is 6.92 Å². The molecular formula is C29H33ClN8O4. The summed E-state index contributed by atoms with van der Waals surface area (Å²) in [5, 5.41) is 25.6. The number of nitrogens with one attached hydrogen (secondary N) is 1. The van der Waals surface area contributed by atoms with Gasteiger partial charge >= 0.3 is 0 Å². The summed E-state index contributed by atoms with van der Waals surface area (Å²) < 4.78 is 3.30. The molecule has 4 heterocycles. The molecule has 1 aromatic carbocycles. The summed E-state index contributed by atoms with van der Waals surface area (Å²) in [6.07, 6.45) is 4.39. The summed E-state index contributed by atoms with van der Waals surface area (Å²) in [5.74, 6) is 0.207. The number of aromatic nitrogens is 5. The van der Waals surface area contributed by atoms with E-state index < -0.39 is 5.91 Å². The number of carbonyl (C=O) groups excluding carboxylic acids is 3. The Morgan fingerprint density at radius 1 is 1.05 bits per heavy atom. The number of aliphatic hydroxyl groups excluding tert-OH is 1. The molecule has 0 bridgehead atoms. The second-order valence-electron chi connectivity index (χ2n) is 10.2. The highest BCUT2D eigenvalue weighted by Crippen LogP contribution is 2.26. The number of nitrogens with zero attached hydrogens (tertiary/aromatic N) is 7. The highest BCUT2D eigenvalue weighted by Gasteiger charge is 2.23. The molecule has 0 aliphatic carbocycles. The molecule has 0 saturated carbocycles. The molecule has 2 N–H and O–H groups in total. The third-order valence-electron chi connectivity index (χ3n) is 7.43. The number of anilines is 1. The average Bonchev–Trinajstić information content (AvgIpc) is 3.54. The van der Waals surface area contributed by atoms with E-state index >= 15 is 0 Å². The summed E-state index contributed by atoms with van der Waals surface area (Å²) >= 11 is 6.27. The van der Waals surface area contributed by atoms with Crippen LogP contribution in [0.5, 0.6) is 0 Å². The smallest absolute Gasteiger partial charge is 0.259 e. The van der Waals surface area contributed by atoms with Crippen molar-refractivity contribution in [1.82, 2.24) is 34.3 Å². The average molecular weight is 593 g/mol. The topological polar surface area (TPSA) is 138 Å². The molecule has 42 heavy (non-hydrogen) atoms. The number of halogens is 1. The van der Waals surface area contributed by atoms with Crippen molar-refractivity contribution in [3.63, 3.8) is 0 Å². The lowest BCUT2D eigenvalue weighted by Gasteiger charge is -2.34. The quantitative estimate of drug-likeness (QED) is 0.268. The fourth-order valence-corrected chi connectivity index (χ4v) is 5.33. The Bertz CT molecular complexity index is 1610. The zero-order chi connectivity index (χ0) is 29.8. The Balaban J connectivity index is 1.31. The van der Waals surface area contributed by atoms with E-state index in [1.165, 1.54) is 6.20 Å². The van der Waals surface area contributed by atoms with Gasteiger partial charge in [0.15, 0.2) is 17.4 Å². The molecule has 12 nitrogen and oxygen atoms in total. The van der Waals surface area contributed by atoms with Crippen LogP contribution in [-0.4, -0.2) is 96.4 Å². The second kappa shape index (κ2) is 12.8. The van der Waals surface area contributed by atoms with Crippen LogP contribution >= 0.6 is 11.6 Å². The Morgan fingerprint density at radius 2 is 1.83 bits per heavy atom. The molecule has 13 heteroatoms. The van der Waals surface area contributed by atoms with Gasteiger partial charge in [0.1, 0.15) is 6.54 Å². The molecule has 1 fully saturated rings. The first-order valence-electron chi connectivity index (χ1n) is 13.9. The van der Waals surface area contributed by atoms with Gasteiger partial charge in [-0.1, -0.05) is 18.5 Å². The first kappa shape index (κ1) is 29.4. The maximum Gasteiger partial charge on any atom is 0.259 e. The molecule has 2 amide bonds. The van der Waals surface area contributed by atoms with Crippen molar-refractivity contribution >= 4 is 45.9 Å². The van der Waals surface area contributed by atoms with Gasteiger partial charge in [0.25, 0.3) is 5.91 Å². The minimum atomic E-state index is -0.421. The van der Waals surface area contributed by atoms with Crippen molar-refractivity contribution in [1.29, 1.82) is 0 Å². The van der Waals surface area contributed by atoms with Gasteiger partial charge in [0.05, 0.1) is 29.6 Å². The Hall–Kier alpha value is -4.13. The second-order valence-corrected chi connectivity index (χ2v) is 10.7. The van der Waals surface area contributed by atoms with Crippen LogP contribution in [0.15, 0.2) is 42.7 Å². The zero-order valence-corrected chi connectivity index (χ0v) is 24.3. The summed E-state index contributed by atoms with van der Waals surface area (Å²) in [6, 6.07) is 8.49. The third-order valence-corrected chi connectivity index (χ3v) is 7.67. The number of fused-ring (bicyclic) bond motifs is 1. The molecule has 3 aromatic heterocycles. The monoisotopic (exact) mass is 592 g/mol. The van der Waals surface area contributed by atoms with E-state index in [-0.39, 0.29) is 30.7 Å². The largest absolute Gasteiger partial charge is 0.395 e. The van der Waals surface area contributed by atoms with Gasteiger partial charge in [0, 0.05) is 61.3 Å². The minimum absolute atomic E-state index is 0.0275. The number of piperazine rings is 1. The molecular weight excluding hydrogens is 560 g/mol. The predicted molar refractivity (Wildman–Crippen MR) is 158 cm³/mol. The summed E-state index contributed by atoms with van der Waals surface area (Å²) in [7, 11) is 0. The lowest BCUT2D eigenvalue weighted by molar-refractivity contribution is -0.133. The van der Waals surface area contributed by atoms with Crippen LogP contribution in [0.2, 0.25) is 5.02 Å². The Labute approximate surface area is 247 Å². The number of amides is 2. The van der Waals surface area contributed by atoms with Gasteiger partial charge < -0.3 is 19.9 Å². The van der Waals surface area contributed by atoms with Gasteiger partial charge in [-0.25, -0.2) is 4.68 Å². The molecule has 220 valence electrons. The molecule has 5 rings (SSSR count). The molecule has 0 radical (unpaired) electrons. The van der Waals surface area contributed by atoms with Crippen molar-refractivity contribution in [2.24, 2.45) is 0 Å². The standard InChI is InChI=1S/C29H33ClN8O4/c1-3-4-25(40)22-16-31-38(19(22)2)27-8-7-26(33-34-27)32-29(42)23-17-37(24-6-5-20(30)15-21(23)24)18-28(41)36-11-9-35(10-12-36)13-14-39/h5-8,15-17,39H,3-4,9-14,18H2,1-2H3,(H,32,33,42). The first-order chi connectivity index (χ1) is 20.3. The Morgan fingerprint density at radius 3 is 2.52 bits per heavy atom. The normalized spacial score (nSPS) is 14.0. The fraction of sp³-hybridized carbons (Fsp3) is 0.379. The maximum absolute atomic E-state index is 13.4. The summed E-state index contributed by atoms with van der Waals surface area (Å²) in [4.78, 5) is 42.8. The highest BCUT2D eigenvalue weighted by molar-refractivity contribution is 6.31. The van der Waals surface area contributed by atoms with Crippen molar-refractivity contribution in [3.8, 4) is 5.82 Å². The van der Waals surface area contributed by atoms with E-state index in [1.807, 2.05) is 6.92 Å². The molecule has 1 aliphatic heterocycles. The van der Waals surface area contributed by atoms with Crippen LogP contribution < -0.4 is 5.32 Å². The molecule has 1 aliphatic rings. The number of carbonyl (C=O) groups is 3. The van der Waals surface area contributed by atoms with Gasteiger partial charge in [-0.15, -0.1) is 10.2 Å². The number of hydrogen-bond acceptors (Lipinski definition) is 8. The minimum Gasteiger partial charge on any atom is -0.395 e. The van der Waals surface area contributed by atoms with Crippen LogP contribution in [0.25, 0.3) is 16.7 Å². The highest BCUT2D eigenvalue weighted by atomic mass is 35.5. The number of hydrogen-bond donors (Lipinski definition) is 2. The van der Waals surface area contributed by atoms with Crippen LogP contribution in [-0.2, 0) is 11.3 Å². The van der Waals surface area contributed by atoms with E-state index in [2.05, 4.69) is 25.5 Å². The number of benzene rings is 1.